The zero-order valence-electron chi connectivity index (χ0n) is 13.4. The van der Waals surface area contributed by atoms with Gasteiger partial charge in [0.1, 0.15) is 5.75 Å². The monoisotopic (exact) mass is 290 g/mol. The summed E-state index contributed by atoms with van der Waals surface area (Å²) in [7, 11) is 0. The van der Waals surface area contributed by atoms with E-state index in [4.69, 9.17) is 4.74 Å². The van der Waals surface area contributed by atoms with Crippen molar-refractivity contribution in [2.24, 2.45) is 0 Å². The molecule has 1 fully saturated rings. The van der Waals surface area contributed by atoms with Crippen molar-refractivity contribution >= 4 is 0 Å². The van der Waals surface area contributed by atoms with Crippen LogP contribution in [-0.4, -0.2) is 43.7 Å². The summed E-state index contributed by atoms with van der Waals surface area (Å²) in [6.45, 7) is 7.87. The molecule has 0 radical (unpaired) electrons. The first kappa shape index (κ1) is 16.3. The van der Waals surface area contributed by atoms with Crippen LogP contribution in [0.2, 0.25) is 0 Å². The van der Waals surface area contributed by atoms with Gasteiger partial charge in [0.15, 0.2) is 0 Å². The van der Waals surface area contributed by atoms with Gasteiger partial charge in [-0.15, -0.1) is 0 Å². The third kappa shape index (κ3) is 6.49. The highest BCUT2D eigenvalue weighted by molar-refractivity contribution is 5.20. The molecule has 0 aliphatic carbocycles. The van der Waals surface area contributed by atoms with Crippen molar-refractivity contribution in [3.05, 3.63) is 30.3 Å². The largest absolute Gasteiger partial charge is 0.494 e. The average molecular weight is 290 g/mol. The van der Waals surface area contributed by atoms with Crippen LogP contribution in [0.3, 0.4) is 0 Å². The Morgan fingerprint density at radius 3 is 2.76 bits per heavy atom. The van der Waals surface area contributed by atoms with Crippen LogP contribution < -0.4 is 10.1 Å². The molecule has 1 unspecified atom stereocenters. The molecule has 1 saturated heterocycles. The summed E-state index contributed by atoms with van der Waals surface area (Å²) in [5.41, 5.74) is 0. The average Bonchev–Trinajstić information content (AvgIpc) is 2.52. The van der Waals surface area contributed by atoms with Crippen LogP contribution in [-0.2, 0) is 0 Å². The van der Waals surface area contributed by atoms with E-state index in [-0.39, 0.29) is 0 Å². The maximum atomic E-state index is 5.67. The fourth-order valence-corrected chi connectivity index (χ4v) is 2.93. The van der Waals surface area contributed by atoms with E-state index in [1.807, 2.05) is 30.3 Å². The molecule has 1 aromatic rings. The lowest BCUT2D eigenvalue weighted by molar-refractivity contribution is 0.159. The predicted octanol–water partition coefficient (Wildman–Crippen LogP) is 3.31. The number of para-hydroxylation sites is 1. The second kappa shape index (κ2) is 9.80. The van der Waals surface area contributed by atoms with E-state index in [2.05, 4.69) is 17.1 Å². The molecular formula is C18H30N2O. The van der Waals surface area contributed by atoms with Crippen LogP contribution in [0.25, 0.3) is 0 Å². The lowest BCUT2D eigenvalue weighted by Gasteiger charge is -2.33. The summed E-state index contributed by atoms with van der Waals surface area (Å²) >= 11 is 0. The second-order valence-corrected chi connectivity index (χ2v) is 6.00. The van der Waals surface area contributed by atoms with Gasteiger partial charge >= 0.3 is 0 Å². The molecule has 0 saturated carbocycles. The molecule has 0 bridgehead atoms. The number of rotatable bonds is 9. The quantitative estimate of drug-likeness (QED) is 0.706. The molecule has 1 N–H and O–H groups in total. The molecule has 3 nitrogen and oxygen atoms in total. The maximum absolute atomic E-state index is 5.67. The van der Waals surface area contributed by atoms with Crippen LogP contribution in [0.1, 0.15) is 39.0 Å². The van der Waals surface area contributed by atoms with E-state index in [1.165, 1.54) is 38.8 Å². The molecular weight excluding hydrogens is 260 g/mol. The van der Waals surface area contributed by atoms with E-state index in [9.17, 15) is 0 Å². The molecule has 1 aliphatic heterocycles. The molecule has 1 atom stereocenters. The van der Waals surface area contributed by atoms with Gasteiger partial charge < -0.3 is 15.0 Å². The van der Waals surface area contributed by atoms with E-state index < -0.39 is 0 Å². The SMILES string of the molecule is CC1CCCCN1CCCNCCCOc1ccccc1. The minimum Gasteiger partial charge on any atom is -0.494 e. The summed E-state index contributed by atoms with van der Waals surface area (Å²) < 4.78 is 5.67. The normalized spacial score (nSPS) is 19.6. The molecule has 1 aliphatic rings. The number of piperidine rings is 1. The van der Waals surface area contributed by atoms with E-state index in [0.29, 0.717) is 0 Å². The first-order valence-electron chi connectivity index (χ1n) is 8.49. The fourth-order valence-electron chi connectivity index (χ4n) is 2.93. The Kier molecular flexibility index (Phi) is 7.61. The second-order valence-electron chi connectivity index (χ2n) is 6.00. The van der Waals surface area contributed by atoms with Crippen molar-refractivity contribution in [2.45, 2.75) is 45.1 Å². The first-order chi connectivity index (χ1) is 10.4. The highest BCUT2D eigenvalue weighted by Gasteiger charge is 2.16. The summed E-state index contributed by atoms with van der Waals surface area (Å²) in [6, 6.07) is 10.8. The van der Waals surface area contributed by atoms with E-state index in [0.717, 1.165) is 37.9 Å². The van der Waals surface area contributed by atoms with Crippen molar-refractivity contribution in [1.29, 1.82) is 0 Å². The van der Waals surface area contributed by atoms with Crippen LogP contribution in [0, 0.1) is 0 Å². The molecule has 118 valence electrons. The van der Waals surface area contributed by atoms with Crippen molar-refractivity contribution in [2.75, 3.05) is 32.8 Å². The van der Waals surface area contributed by atoms with Crippen molar-refractivity contribution < 1.29 is 4.74 Å². The number of nitrogens with zero attached hydrogens (tertiary/aromatic N) is 1. The zero-order chi connectivity index (χ0) is 14.8. The summed E-state index contributed by atoms with van der Waals surface area (Å²) in [5.74, 6) is 0.969. The molecule has 3 heteroatoms. The summed E-state index contributed by atoms with van der Waals surface area (Å²) in [6.07, 6.45) is 6.50. The Morgan fingerprint density at radius 2 is 1.95 bits per heavy atom. The maximum Gasteiger partial charge on any atom is 0.119 e. The van der Waals surface area contributed by atoms with Crippen molar-refractivity contribution in [3.8, 4) is 5.75 Å². The molecule has 0 amide bonds. The minimum atomic E-state index is 0.790. The lowest BCUT2D eigenvalue weighted by Crippen LogP contribution is -2.39. The lowest BCUT2D eigenvalue weighted by atomic mass is 10.0. The highest BCUT2D eigenvalue weighted by atomic mass is 16.5. The predicted molar refractivity (Wildman–Crippen MR) is 88.9 cm³/mol. The summed E-state index contributed by atoms with van der Waals surface area (Å²) in [4.78, 5) is 2.64. The van der Waals surface area contributed by atoms with Gasteiger partial charge in [0.2, 0.25) is 0 Å². The van der Waals surface area contributed by atoms with Gasteiger partial charge in [-0.3, -0.25) is 0 Å². The number of hydrogen-bond donors (Lipinski definition) is 1. The van der Waals surface area contributed by atoms with Gasteiger partial charge in [0.25, 0.3) is 0 Å². The van der Waals surface area contributed by atoms with Gasteiger partial charge in [-0.1, -0.05) is 24.6 Å². The number of nitrogens with one attached hydrogen (secondary N) is 1. The van der Waals surface area contributed by atoms with E-state index >= 15 is 0 Å². The zero-order valence-corrected chi connectivity index (χ0v) is 13.4. The summed E-state index contributed by atoms with van der Waals surface area (Å²) in [5, 5.41) is 3.52. The number of likely N-dealkylation sites (tertiary alicyclic amines) is 1. The van der Waals surface area contributed by atoms with Crippen molar-refractivity contribution in [1.82, 2.24) is 10.2 Å². The van der Waals surface area contributed by atoms with Gasteiger partial charge in [-0.05, 0) is 70.9 Å². The molecule has 0 spiro atoms. The first-order valence-corrected chi connectivity index (χ1v) is 8.49. The third-order valence-corrected chi connectivity index (χ3v) is 4.25. The molecule has 0 aromatic heterocycles. The molecule has 1 aromatic carbocycles. The van der Waals surface area contributed by atoms with Gasteiger partial charge in [-0.25, -0.2) is 0 Å². The molecule has 2 rings (SSSR count). The van der Waals surface area contributed by atoms with Gasteiger partial charge in [-0.2, -0.15) is 0 Å². The smallest absolute Gasteiger partial charge is 0.119 e. The van der Waals surface area contributed by atoms with Crippen LogP contribution in [0.15, 0.2) is 30.3 Å². The molecule has 21 heavy (non-hydrogen) atoms. The van der Waals surface area contributed by atoms with Crippen LogP contribution in [0.4, 0.5) is 0 Å². The standard InChI is InChI=1S/C18H30N2O/c1-17-9-5-6-14-20(17)15-7-12-19-13-8-16-21-18-10-3-2-4-11-18/h2-4,10-11,17,19H,5-9,12-16H2,1H3. The van der Waals surface area contributed by atoms with Crippen LogP contribution >= 0.6 is 0 Å². The fraction of sp³-hybridized carbons (Fsp3) is 0.667. The Balaban J connectivity index is 1.42. The van der Waals surface area contributed by atoms with Gasteiger partial charge in [0.05, 0.1) is 6.61 Å². The topological polar surface area (TPSA) is 24.5 Å². The Hall–Kier alpha value is -1.06. The van der Waals surface area contributed by atoms with Crippen LogP contribution in [0.5, 0.6) is 5.75 Å². The number of hydrogen-bond acceptors (Lipinski definition) is 3. The van der Waals surface area contributed by atoms with Crippen molar-refractivity contribution in [3.63, 3.8) is 0 Å². The third-order valence-electron chi connectivity index (χ3n) is 4.25. The van der Waals surface area contributed by atoms with E-state index in [1.54, 1.807) is 0 Å². The Morgan fingerprint density at radius 1 is 1.14 bits per heavy atom. The Bertz CT molecular complexity index is 369. The van der Waals surface area contributed by atoms with Gasteiger partial charge in [0, 0.05) is 6.04 Å². The number of ether oxygens (including phenoxy) is 1. The highest BCUT2D eigenvalue weighted by Crippen LogP contribution is 2.16. The number of benzene rings is 1. The Labute approximate surface area is 129 Å². The molecule has 1 heterocycles. The minimum absolute atomic E-state index is 0.790.